The van der Waals surface area contributed by atoms with Gasteiger partial charge < -0.3 is 9.47 Å². The van der Waals surface area contributed by atoms with Gasteiger partial charge in [0.15, 0.2) is 0 Å². The van der Waals surface area contributed by atoms with Gasteiger partial charge in [0, 0.05) is 0 Å². The smallest absolute Gasteiger partial charge is 0.271 e. The van der Waals surface area contributed by atoms with Gasteiger partial charge in [-0.05, 0) is 18.7 Å². The van der Waals surface area contributed by atoms with E-state index in [4.69, 9.17) is 9.47 Å². The summed E-state index contributed by atoms with van der Waals surface area (Å²) < 4.78 is 10.5. The van der Waals surface area contributed by atoms with Gasteiger partial charge in [0.25, 0.3) is 5.95 Å². The van der Waals surface area contributed by atoms with Crippen LogP contribution in [0.3, 0.4) is 0 Å². The molecule has 1 aliphatic heterocycles. The van der Waals surface area contributed by atoms with Crippen molar-refractivity contribution >= 4 is 8.07 Å². The van der Waals surface area contributed by atoms with Crippen molar-refractivity contribution in [1.29, 1.82) is 0 Å². The molecule has 11 heavy (non-hydrogen) atoms. The van der Waals surface area contributed by atoms with Gasteiger partial charge in [-0.1, -0.05) is 13.1 Å². The minimum atomic E-state index is -0.994. The van der Waals surface area contributed by atoms with Crippen LogP contribution in [0.2, 0.25) is 25.2 Å². The van der Waals surface area contributed by atoms with Crippen molar-refractivity contribution in [2.45, 2.75) is 25.2 Å². The van der Waals surface area contributed by atoms with Gasteiger partial charge in [0.05, 0.1) is 21.3 Å². The summed E-state index contributed by atoms with van der Waals surface area (Å²) in [5.41, 5.74) is 0. The highest BCUT2D eigenvalue weighted by Crippen LogP contribution is 2.19. The van der Waals surface area contributed by atoms with E-state index in [2.05, 4.69) is 19.7 Å². The van der Waals surface area contributed by atoms with Gasteiger partial charge in [0.1, 0.15) is 0 Å². The Morgan fingerprint density at radius 3 is 2.09 bits per heavy atom. The summed E-state index contributed by atoms with van der Waals surface area (Å²) in [6.07, 6.45) is 0. The maximum absolute atomic E-state index is 5.24. The summed E-state index contributed by atoms with van der Waals surface area (Å²) in [4.78, 5) is 0. The highest BCUT2D eigenvalue weighted by Gasteiger charge is 2.22. The van der Waals surface area contributed by atoms with Crippen LogP contribution in [-0.4, -0.2) is 21.3 Å². The zero-order valence-corrected chi connectivity index (χ0v) is 8.35. The van der Waals surface area contributed by atoms with Crippen molar-refractivity contribution in [3.63, 3.8) is 0 Å². The minimum Gasteiger partial charge on any atom is -0.466 e. The van der Waals surface area contributed by atoms with Crippen molar-refractivity contribution in [2.24, 2.45) is 0 Å². The molecule has 1 saturated heterocycles. The molecule has 0 spiro atoms. The molecule has 0 aliphatic carbocycles. The molecule has 1 rings (SSSR count). The van der Waals surface area contributed by atoms with Gasteiger partial charge in [-0.15, -0.1) is 0 Å². The van der Waals surface area contributed by atoms with Gasteiger partial charge in [-0.2, -0.15) is 0 Å². The summed E-state index contributed by atoms with van der Waals surface area (Å²) in [5, 5.41) is 0. The lowest BCUT2D eigenvalue weighted by Crippen LogP contribution is -2.30. The second-order valence-corrected chi connectivity index (χ2v) is 9.06. The molecule has 1 aliphatic rings. The third-order valence-electron chi connectivity index (χ3n) is 2.08. The molecule has 0 unspecified atom stereocenters. The van der Waals surface area contributed by atoms with Crippen LogP contribution in [0.15, 0.2) is 12.5 Å². The van der Waals surface area contributed by atoms with Crippen molar-refractivity contribution in [3.8, 4) is 0 Å². The Kier molecular flexibility index (Phi) is 2.60. The summed E-state index contributed by atoms with van der Waals surface area (Å²) in [7, 11) is -0.994. The first kappa shape index (κ1) is 8.65. The van der Waals surface area contributed by atoms with Crippen LogP contribution < -0.4 is 0 Å². The molecule has 0 aromatic heterocycles. The fraction of sp³-hybridized carbons (Fsp3) is 0.750. The Bertz CT molecular complexity index is 140. The van der Waals surface area contributed by atoms with Gasteiger partial charge in [-0.3, -0.25) is 0 Å². The molecule has 64 valence electrons. The number of ether oxygens (including phenoxy) is 2. The normalized spacial score (nSPS) is 24.4. The standard InChI is InChI=1S/C8H16O2Si/c1-8-9-4-6-11(2,3)7-5-10-8/h1,4-7H2,2-3H3. The molecular formula is C8H16O2Si. The molecule has 0 atom stereocenters. The van der Waals surface area contributed by atoms with Crippen LogP contribution in [-0.2, 0) is 9.47 Å². The van der Waals surface area contributed by atoms with Crippen LogP contribution in [0.5, 0.6) is 0 Å². The van der Waals surface area contributed by atoms with Crippen molar-refractivity contribution in [1.82, 2.24) is 0 Å². The molecule has 0 aromatic rings. The van der Waals surface area contributed by atoms with E-state index >= 15 is 0 Å². The first-order chi connectivity index (χ1) is 5.10. The summed E-state index contributed by atoms with van der Waals surface area (Å²) in [6.45, 7) is 9.95. The quantitative estimate of drug-likeness (QED) is 0.522. The van der Waals surface area contributed by atoms with Crippen molar-refractivity contribution in [3.05, 3.63) is 12.5 Å². The molecule has 2 nitrogen and oxygen atoms in total. The summed E-state index contributed by atoms with van der Waals surface area (Å²) in [5.74, 6) is 0.495. The molecular weight excluding hydrogens is 156 g/mol. The average molecular weight is 172 g/mol. The van der Waals surface area contributed by atoms with E-state index in [1.165, 1.54) is 12.1 Å². The summed E-state index contributed by atoms with van der Waals surface area (Å²) >= 11 is 0. The first-order valence-corrected chi connectivity index (χ1v) is 7.46. The molecule has 0 saturated carbocycles. The Morgan fingerprint density at radius 1 is 1.18 bits per heavy atom. The van der Waals surface area contributed by atoms with E-state index in [0.29, 0.717) is 5.95 Å². The lowest BCUT2D eigenvalue weighted by molar-refractivity contribution is 0.0434. The van der Waals surface area contributed by atoms with Gasteiger partial charge in [-0.25, -0.2) is 0 Å². The topological polar surface area (TPSA) is 18.5 Å². The Labute approximate surface area is 69.2 Å². The molecule has 0 radical (unpaired) electrons. The predicted octanol–water partition coefficient (Wildman–Crippen LogP) is 2.21. The van der Waals surface area contributed by atoms with E-state index in [1.807, 2.05) is 0 Å². The summed E-state index contributed by atoms with van der Waals surface area (Å²) in [6, 6.07) is 2.44. The van der Waals surface area contributed by atoms with Crippen molar-refractivity contribution < 1.29 is 9.47 Å². The molecule has 1 fully saturated rings. The van der Waals surface area contributed by atoms with Crippen LogP contribution >= 0.6 is 0 Å². The third kappa shape index (κ3) is 2.97. The van der Waals surface area contributed by atoms with Crippen LogP contribution in [0.1, 0.15) is 0 Å². The molecule has 0 bridgehead atoms. The Morgan fingerprint density at radius 2 is 1.64 bits per heavy atom. The number of hydrogen-bond acceptors (Lipinski definition) is 2. The number of hydrogen-bond donors (Lipinski definition) is 0. The van der Waals surface area contributed by atoms with Crippen LogP contribution in [0.25, 0.3) is 0 Å². The maximum Gasteiger partial charge on any atom is 0.271 e. The zero-order chi connectivity index (χ0) is 8.32. The van der Waals surface area contributed by atoms with Crippen LogP contribution in [0.4, 0.5) is 0 Å². The first-order valence-electron chi connectivity index (χ1n) is 4.05. The minimum absolute atomic E-state index is 0.495. The number of rotatable bonds is 0. The molecule has 0 N–H and O–H groups in total. The molecule has 0 aromatic carbocycles. The van der Waals surface area contributed by atoms with E-state index in [-0.39, 0.29) is 0 Å². The van der Waals surface area contributed by atoms with E-state index in [9.17, 15) is 0 Å². The average Bonchev–Trinajstić information content (AvgIpc) is 1.83. The molecule has 0 amide bonds. The van der Waals surface area contributed by atoms with Gasteiger partial charge in [0.2, 0.25) is 0 Å². The lowest BCUT2D eigenvalue weighted by atomic mass is 10.8. The third-order valence-corrected chi connectivity index (χ3v) is 5.20. The second kappa shape index (κ2) is 3.30. The monoisotopic (exact) mass is 172 g/mol. The highest BCUT2D eigenvalue weighted by atomic mass is 28.3. The molecule has 1 heterocycles. The van der Waals surface area contributed by atoms with Crippen LogP contribution in [0, 0.1) is 0 Å². The second-order valence-electron chi connectivity index (χ2n) is 3.73. The van der Waals surface area contributed by atoms with E-state index < -0.39 is 8.07 Å². The van der Waals surface area contributed by atoms with Crippen molar-refractivity contribution in [2.75, 3.05) is 13.2 Å². The highest BCUT2D eigenvalue weighted by molar-refractivity contribution is 6.77. The predicted molar refractivity (Wildman–Crippen MR) is 48.1 cm³/mol. The Balaban J connectivity index is 2.41. The molecule has 3 heteroatoms. The van der Waals surface area contributed by atoms with E-state index in [1.54, 1.807) is 0 Å². The largest absolute Gasteiger partial charge is 0.466 e. The fourth-order valence-electron chi connectivity index (χ4n) is 1.05. The van der Waals surface area contributed by atoms with E-state index in [0.717, 1.165) is 13.2 Å². The van der Waals surface area contributed by atoms with Gasteiger partial charge >= 0.3 is 0 Å². The Hall–Kier alpha value is -0.443. The lowest BCUT2D eigenvalue weighted by Gasteiger charge is -2.25. The fourth-order valence-corrected chi connectivity index (χ4v) is 2.61. The SMILES string of the molecule is C=C1OCC[Si](C)(C)CCO1. The zero-order valence-electron chi connectivity index (χ0n) is 7.35. The maximum atomic E-state index is 5.24.